The van der Waals surface area contributed by atoms with E-state index in [1.54, 1.807) is 0 Å². The molecule has 2 N–H and O–H groups in total. The number of amides is 1. The van der Waals surface area contributed by atoms with Crippen LogP contribution in [0, 0.1) is 5.92 Å². The Morgan fingerprint density at radius 2 is 2.05 bits per heavy atom. The van der Waals surface area contributed by atoms with Crippen molar-refractivity contribution in [2.24, 2.45) is 13.0 Å². The van der Waals surface area contributed by atoms with Crippen LogP contribution in [0.25, 0.3) is 11.1 Å². The molecule has 0 radical (unpaired) electrons. The molecule has 1 aromatic carbocycles. The number of hydrogen-bond acceptors (Lipinski definition) is 5. The van der Waals surface area contributed by atoms with Gasteiger partial charge in [-0.15, -0.1) is 4.83 Å². The van der Waals surface area contributed by atoms with Crippen LogP contribution < -0.4 is 16.0 Å². The highest BCUT2D eigenvalue weighted by Gasteiger charge is 2.18. The summed E-state index contributed by atoms with van der Waals surface area (Å²) in [5, 5.41) is 0. The number of aromatic nitrogens is 1. The maximum Gasteiger partial charge on any atom is 0.419 e. The molecule has 0 aliphatic carbocycles. The molecule has 0 fully saturated rings. The van der Waals surface area contributed by atoms with E-state index in [4.69, 9.17) is 4.42 Å². The highest BCUT2D eigenvalue weighted by molar-refractivity contribution is 7.89. The molecule has 2 aromatic rings. The lowest BCUT2D eigenvalue weighted by Gasteiger charge is -2.09. The molecule has 0 aliphatic heterocycles. The molecule has 0 atom stereocenters. The highest BCUT2D eigenvalue weighted by atomic mass is 32.2. The van der Waals surface area contributed by atoms with Gasteiger partial charge in [-0.2, -0.15) is 0 Å². The number of carbonyl (C=O) groups excluding carboxylic acids is 1. The van der Waals surface area contributed by atoms with Gasteiger partial charge in [-0.05, 0) is 18.1 Å². The number of oxazole rings is 1. The largest absolute Gasteiger partial charge is 0.419 e. The van der Waals surface area contributed by atoms with Gasteiger partial charge in [-0.1, -0.05) is 13.8 Å². The van der Waals surface area contributed by atoms with Gasteiger partial charge in [0.15, 0.2) is 5.58 Å². The maximum absolute atomic E-state index is 12.1. The first-order chi connectivity index (χ1) is 10.2. The predicted molar refractivity (Wildman–Crippen MR) is 79.4 cm³/mol. The Bertz CT molecular complexity index is 863. The van der Waals surface area contributed by atoms with E-state index in [9.17, 15) is 18.0 Å². The van der Waals surface area contributed by atoms with Crippen molar-refractivity contribution in [1.29, 1.82) is 0 Å². The molecule has 8 nitrogen and oxygen atoms in total. The first-order valence-electron chi connectivity index (χ1n) is 6.61. The molecule has 0 bridgehead atoms. The summed E-state index contributed by atoms with van der Waals surface area (Å²) in [6.07, 6.45) is 0.203. The molecule has 22 heavy (non-hydrogen) atoms. The molecule has 0 unspecified atom stereocenters. The van der Waals surface area contributed by atoms with Crippen molar-refractivity contribution < 1.29 is 17.6 Å². The summed E-state index contributed by atoms with van der Waals surface area (Å²) in [6, 6.07) is 4.02. The normalized spacial score (nSPS) is 12.0. The molecule has 0 saturated heterocycles. The lowest BCUT2D eigenvalue weighted by atomic mass is 10.1. The average Bonchev–Trinajstić information content (AvgIpc) is 2.71. The molecule has 1 aromatic heterocycles. The van der Waals surface area contributed by atoms with Gasteiger partial charge in [-0.25, -0.2) is 13.2 Å². The quantitative estimate of drug-likeness (QED) is 0.776. The summed E-state index contributed by atoms with van der Waals surface area (Å²) < 4.78 is 30.4. The molecule has 1 amide bonds. The summed E-state index contributed by atoms with van der Waals surface area (Å²) in [5.41, 5.74) is 2.78. The number of hydrazine groups is 1. The molecule has 1 heterocycles. The Labute approximate surface area is 127 Å². The van der Waals surface area contributed by atoms with E-state index >= 15 is 0 Å². The number of benzene rings is 1. The molecular formula is C13H17N3O5S. The van der Waals surface area contributed by atoms with E-state index in [1.807, 2.05) is 18.7 Å². The zero-order valence-corrected chi connectivity index (χ0v) is 13.2. The van der Waals surface area contributed by atoms with E-state index in [0.717, 1.165) is 0 Å². The number of fused-ring (bicyclic) bond motifs is 1. The highest BCUT2D eigenvalue weighted by Crippen LogP contribution is 2.17. The fourth-order valence-electron chi connectivity index (χ4n) is 1.89. The number of hydrogen-bond donors (Lipinski definition) is 2. The fraction of sp³-hybridized carbons (Fsp3) is 0.385. The Hall–Kier alpha value is -2.13. The van der Waals surface area contributed by atoms with E-state index in [2.05, 4.69) is 5.43 Å². The van der Waals surface area contributed by atoms with E-state index in [0.29, 0.717) is 5.52 Å². The van der Waals surface area contributed by atoms with Crippen LogP contribution in [0.2, 0.25) is 0 Å². The summed E-state index contributed by atoms with van der Waals surface area (Å²) in [5.74, 6) is -0.895. The standard InChI is InChI=1S/C13H17N3O5S/c1-8(2)6-12(17)14-15-22(19,20)9-4-5-10-11(7-9)21-13(18)16(10)3/h4-5,7-8,15H,6H2,1-3H3,(H,14,17). The average molecular weight is 327 g/mol. The third-order valence-electron chi connectivity index (χ3n) is 2.99. The number of rotatable bonds is 5. The van der Waals surface area contributed by atoms with Gasteiger partial charge >= 0.3 is 5.76 Å². The molecular weight excluding hydrogens is 310 g/mol. The molecule has 0 spiro atoms. The van der Waals surface area contributed by atoms with Crippen molar-refractivity contribution >= 4 is 27.0 Å². The second-order valence-corrected chi connectivity index (χ2v) is 6.99. The van der Waals surface area contributed by atoms with Crippen LogP contribution in [0.1, 0.15) is 20.3 Å². The van der Waals surface area contributed by atoms with Gasteiger partial charge in [0.1, 0.15) is 0 Å². The van der Waals surface area contributed by atoms with Crippen LogP contribution in [-0.4, -0.2) is 18.9 Å². The number of nitrogens with zero attached hydrogens (tertiary/aromatic N) is 1. The second kappa shape index (κ2) is 5.93. The van der Waals surface area contributed by atoms with Gasteiger partial charge in [0.05, 0.1) is 10.4 Å². The summed E-state index contributed by atoms with van der Waals surface area (Å²) in [7, 11) is -2.42. The topological polar surface area (TPSA) is 110 Å². The van der Waals surface area contributed by atoms with Crippen LogP contribution in [0.4, 0.5) is 0 Å². The van der Waals surface area contributed by atoms with Crippen molar-refractivity contribution in [1.82, 2.24) is 14.8 Å². The summed E-state index contributed by atoms with van der Waals surface area (Å²) in [4.78, 5) is 24.8. The van der Waals surface area contributed by atoms with Crippen molar-refractivity contribution in [3.05, 3.63) is 28.7 Å². The Morgan fingerprint density at radius 3 is 2.68 bits per heavy atom. The molecule has 0 saturated carbocycles. The number of nitrogens with one attached hydrogen (secondary N) is 2. The van der Waals surface area contributed by atoms with Crippen LogP contribution >= 0.6 is 0 Å². The van der Waals surface area contributed by atoms with E-state index < -0.39 is 21.7 Å². The van der Waals surface area contributed by atoms with Crippen LogP contribution in [0.3, 0.4) is 0 Å². The van der Waals surface area contributed by atoms with Crippen molar-refractivity contribution in [3.63, 3.8) is 0 Å². The van der Waals surface area contributed by atoms with Crippen molar-refractivity contribution in [3.8, 4) is 0 Å². The van der Waals surface area contributed by atoms with Gasteiger partial charge in [-0.3, -0.25) is 14.8 Å². The van der Waals surface area contributed by atoms with Gasteiger partial charge in [0, 0.05) is 19.5 Å². The first-order valence-corrected chi connectivity index (χ1v) is 8.09. The van der Waals surface area contributed by atoms with Crippen molar-refractivity contribution in [2.75, 3.05) is 0 Å². The Morgan fingerprint density at radius 1 is 1.36 bits per heavy atom. The van der Waals surface area contributed by atoms with Gasteiger partial charge in [0.25, 0.3) is 10.0 Å². The molecule has 120 valence electrons. The molecule has 0 aliphatic rings. The lowest BCUT2D eigenvalue weighted by molar-refractivity contribution is -0.122. The molecule has 2 rings (SSSR count). The number of carbonyl (C=O) groups is 1. The zero-order valence-electron chi connectivity index (χ0n) is 12.4. The number of aryl methyl sites for hydroxylation is 1. The van der Waals surface area contributed by atoms with Crippen LogP contribution in [0.5, 0.6) is 0 Å². The third kappa shape index (κ3) is 3.37. The lowest BCUT2D eigenvalue weighted by Crippen LogP contribution is -2.41. The van der Waals surface area contributed by atoms with E-state index in [-0.39, 0.29) is 22.8 Å². The minimum atomic E-state index is -3.94. The third-order valence-corrected chi connectivity index (χ3v) is 4.24. The predicted octanol–water partition coefficient (Wildman–Crippen LogP) is 0.487. The van der Waals surface area contributed by atoms with Crippen molar-refractivity contribution in [2.45, 2.75) is 25.2 Å². The minimum Gasteiger partial charge on any atom is -0.408 e. The second-order valence-electron chi connectivity index (χ2n) is 5.31. The van der Waals surface area contributed by atoms with Gasteiger partial charge in [0.2, 0.25) is 5.91 Å². The maximum atomic E-state index is 12.1. The van der Waals surface area contributed by atoms with E-state index in [1.165, 1.54) is 29.8 Å². The SMILES string of the molecule is CC(C)CC(=O)NNS(=O)(=O)c1ccc2c(c1)oc(=O)n2C. The monoisotopic (exact) mass is 327 g/mol. The zero-order chi connectivity index (χ0) is 16.5. The Balaban J connectivity index is 2.22. The minimum absolute atomic E-state index is 0.111. The fourth-order valence-corrected chi connectivity index (χ4v) is 2.76. The summed E-state index contributed by atoms with van der Waals surface area (Å²) >= 11 is 0. The Kier molecular flexibility index (Phi) is 4.38. The first kappa shape index (κ1) is 16.2. The number of sulfonamides is 1. The van der Waals surface area contributed by atoms with Crippen LogP contribution in [0.15, 0.2) is 32.3 Å². The van der Waals surface area contributed by atoms with Gasteiger partial charge < -0.3 is 4.42 Å². The summed E-state index contributed by atoms with van der Waals surface area (Å²) in [6.45, 7) is 3.69. The molecule has 9 heteroatoms. The smallest absolute Gasteiger partial charge is 0.408 e. The van der Waals surface area contributed by atoms with Crippen LogP contribution in [-0.2, 0) is 21.9 Å².